The highest BCUT2D eigenvalue weighted by molar-refractivity contribution is 5.86. The molecule has 0 aliphatic heterocycles. The van der Waals surface area contributed by atoms with E-state index in [0.717, 1.165) is 40.9 Å². The molecule has 3 N–H and O–H groups in total. The summed E-state index contributed by atoms with van der Waals surface area (Å²) >= 11 is 0. The first kappa shape index (κ1) is 29.1. The number of ether oxygens (including phenoxy) is 3. The van der Waals surface area contributed by atoms with Crippen molar-refractivity contribution in [2.45, 2.75) is 45.3 Å². The number of nitrogens with one attached hydrogen (secondary N) is 1. The lowest BCUT2D eigenvalue weighted by atomic mass is 9.98. The molecule has 0 heterocycles. The van der Waals surface area contributed by atoms with Crippen molar-refractivity contribution < 1.29 is 29.2 Å². The molecule has 0 aliphatic carbocycles. The van der Waals surface area contributed by atoms with Crippen molar-refractivity contribution in [1.29, 1.82) is 0 Å². The molecule has 3 aromatic rings. The zero-order chi connectivity index (χ0) is 26.5. The van der Waals surface area contributed by atoms with Gasteiger partial charge in [0.05, 0.1) is 19.6 Å². The summed E-state index contributed by atoms with van der Waals surface area (Å²) in [6, 6.07) is 19.7. The fourth-order valence-corrected chi connectivity index (χ4v) is 3.38. The molecule has 1 unspecified atom stereocenters. The average molecular weight is 498 g/mol. The van der Waals surface area contributed by atoms with Crippen LogP contribution in [0.4, 0.5) is 0 Å². The predicted molar refractivity (Wildman–Crippen MR) is 143 cm³/mol. The van der Waals surface area contributed by atoms with E-state index in [4.69, 9.17) is 19.3 Å². The molecule has 0 bridgehead atoms. The molecular formula is C29H39NO6. The molecule has 0 spiro atoms. The summed E-state index contributed by atoms with van der Waals surface area (Å²) < 4.78 is 15.7. The van der Waals surface area contributed by atoms with Crippen LogP contribution >= 0.6 is 0 Å². The number of carboxylic acid groups (broad SMARTS) is 1. The van der Waals surface area contributed by atoms with E-state index < -0.39 is 18.0 Å². The van der Waals surface area contributed by atoms with Crippen LogP contribution in [0.15, 0.2) is 60.7 Å². The van der Waals surface area contributed by atoms with Gasteiger partial charge in [-0.05, 0) is 59.5 Å². The number of rotatable bonds is 12. The minimum absolute atomic E-state index is 0.303. The van der Waals surface area contributed by atoms with E-state index in [1.807, 2.05) is 74.5 Å². The Morgan fingerprint density at radius 3 is 2.17 bits per heavy atom. The van der Waals surface area contributed by atoms with Crippen LogP contribution in [-0.4, -0.2) is 62.3 Å². The molecule has 36 heavy (non-hydrogen) atoms. The van der Waals surface area contributed by atoms with Crippen molar-refractivity contribution in [3.05, 3.63) is 71.8 Å². The van der Waals surface area contributed by atoms with Gasteiger partial charge in [-0.2, -0.15) is 0 Å². The second kappa shape index (κ2) is 15.1. The second-order valence-electron chi connectivity index (χ2n) is 8.95. The summed E-state index contributed by atoms with van der Waals surface area (Å²) in [5, 5.41) is 23.9. The Morgan fingerprint density at radius 1 is 0.917 bits per heavy atom. The number of aliphatic carboxylic acids is 1. The summed E-state index contributed by atoms with van der Waals surface area (Å²) in [5.41, 5.74) is 2.03. The Balaban J connectivity index is 0.000000255. The Morgan fingerprint density at radius 2 is 1.56 bits per heavy atom. The summed E-state index contributed by atoms with van der Waals surface area (Å²) in [4.78, 5) is 10.9. The molecule has 3 aromatic carbocycles. The fraction of sp³-hybridized carbons (Fsp3) is 0.414. The van der Waals surface area contributed by atoms with Crippen LogP contribution in [0.1, 0.15) is 37.8 Å². The third-order valence-electron chi connectivity index (χ3n) is 5.66. The van der Waals surface area contributed by atoms with Crippen LogP contribution in [0.2, 0.25) is 0 Å². The smallest absolute Gasteiger partial charge is 0.310 e. The Bertz CT molecular complexity index is 1070. The maximum absolute atomic E-state index is 10.9. The normalized spacial score (nSPS) is 12.5. The van der Waals surface area contributed by atoms with Crippen LogP contribution in [0.5, 0.6) is 11.5 Å². The van der Waals surface area contributed by atoms with Gasteiger partial charge in [0, 0.05) is 19.7 Å². The molecule has 0 radical (unpaired) electrons. The lowest BCUT2D eigenvalue weighted by molar-refractivity contribution is -0.138. The molecular weight excluding hydrogens is 458 g/mol. The van der Waals surface area contributed by atoms with Crippen molar-refractivity contribution in [3.8, 4) is 11.5 Å². The van der Waals surface area contributed by atoms with E-state index in [1.54, 1.807) is 21.1 Å². The van der Waals surface area contributed by atoms with Crippen LogP contribution in [0.3, 0.4) is 0 Å². The van der Waals surface area contributed by atoms with E-state index in [0.29, 0.717) is 19.2 Å². The highest BCUT2D eigenvalue weighted by atomic mass is 16.5. The van der Waals surface area contributed by atoms with Gasteiger partial charge in [-0.3, -0.25) is 4.79 Å². The summed E-state index contributed by atoms with van der Waals surface area (Å²) in [6.45, 7) is 7.35. The Hall–Kier alpha value is -3.13. The standard InChI is InChI=1S/C15H25NO3.C14H14O3/c1-12(2)16-10-14(17)11-19-15-6-4-13(5-7-15)8-9-18-3;1-9(14(15)16)10-3-4-12-8-13(17-2)6-5-11(12)7-10/h4-7,12,14,16-17H,8-11H2,1-3H3;3-9H,1-2H3,(H,15,16)/t;9-/m.0/s1. The number of hydrogen-bond acceptors (Lipinski definition) is 6. The van der Waals surface area contributed by atoms with Gasteiger partial charge in [0.15, 0.2) is 0 Å². The lowest BCUT2D eigenvalue weighted by Crippen LogP contribution is -2.35. The van der Waals surface area contributed by atoms with Crippen molar-refractivity contribution in [3.63, 3.8) is 0 Å². The van der Waals surface area contributed by atoms with Gasteiger partial charge in [0.2, 0.25) is 0 Å². The van der Waals surface area contributed by atoms with Gasteiger partial charge in [-0.1, -0.05) is 50.2 Å². The molecule has 0 aliphatic rings. The quantitative estimate of drug-likeness (QED) is 0.335. The van der Waals surface area contributed by atoms with Crippen LogP contribution in [0.25, 0.3) is 10.8 Å². The van der Waals surface area contributed by atoms with E-state index in [9.17, 15) is 9.90 Å². The molecule has 0 saturated carbocycles. The molecule has 196 valence electrons. The minimum atomic E-state index is -0.808. The molecule has 3 rings (SSSR count). The number of aliphatic hydroxyl groups excluding tert-OH is 1. The fourth-order valence-electron chi connectivity index (χ4n) is 3.38. The number of methoxy groups -OCH3 is 2. The first-order chi connectivity index (χ1) is 17.2. The number of aliphatic hydroxyl groups is 1. The predicted octanol–water partition coefficient (Wildman–Crippen LogP) is 4.65. The first-order valence-electron chi connectivity index (χ1n) is 12.2. The van der Waals surface area contributed by atoms with Crippen molar-refractivity contribution in [1.82, 2.24) is 5.32 Å². The van der Waals surface area contributed by atoms with Crippen LogP contribution in [0, 0.1) is 0 Å². The molecule has 7 heteroatoms. The highest BCUT2D eigenvalue weighted by Crippen LogP contribution is 2.25. The topological polar surface area (TPSA) is 97.3 Å². The van der Waals surface area contributed by atoms with Gasteiger partial charge in [0.1, 0.15) is 24.2 Å². The maximum atomic E-state index is 10.9. The molecule has 0 aromatic heterocycles. The number of benzene rings is 3. The average Bonchev–Trinajstić information content (AvgIpc) is 2.89. The van der Waals surface area contributed by atoms with Gasteiger partial charge >= 0.3 is 5.97 Å². The number of fused-ring (bicyclic) bond motifs is 1. The minimum Gasteiger partial charge on any atom is -0.497 e. The van der Waals surface area contributed by atoms with Crippen LogP contribution in [-0.2, 0) is 16.0 Å². The number of carboxylic acids is 1. The number of hydrogen-bond donors (Lipinski definition) is 3. The van der Waals surface area contributed by atoms with Gasteiger partial charge in [-0.25, -0.2) is 0 Å². The van der Waals surface area contributed by atoms with Gasteiger partial charge in [-0.15, -0.1) is 0 Å². The Kier molecular flexibility index (Phi) is 12.2. The molecule has 7 nitrogen and oxygen atoms in total. The molecule has 0 amide bonds. The molecule has 2 atom stereocenters. The van der Waals surface area contributed by atoms with Gasteiger partial charge < -0.3 is 29.7 Å². The van der Waals surface area contributed by atoms with Gasteiger partial charge in [0.25, 0.3) is 0 Å². The summed E-state index contributed by atoms with van der Waals surface area (Å²) in [7, 11) is 3.33. The van der Waals surface area contributed by atoms with Crippen molar-refractivity contribution in [2.75, 3.05) is 34.0 Å². The van der Waals surface area contributed by atoms with Crippen molar-refractivity contribution in [2.24, 2.45) is 0 Å². The van der Waals surface area contributed by atoms with E-state index in [-0.39, 0.29) is 0 Å². The summed E-state index contributed by atoms with van der Waals surface area (Å²) in [6.07, 6.45) is 0.410. The first-order valence-corrected chi connectivity index (χ1v) is 12.2. The van der Waals surface area contributed by atoms with E-state index in [2.05, 4.69) is 5.32 Å². The third-order valence-corrected chi connectivity index (χ3v) is 5.66. The number of carbonyl (C=O) groups is 1. The zero-order valence-corrected chi connectivity index (χ0v) is 21.9. The SMILES string of the molecule is COCCc1ccc(OCC(O)CNC(C)C)cc1.COc1ccc2cc([C@H](C)C(=O)O)ccc2c1. The van der Waals surface area contributed by atoms with Crippen molar-refractivity contribution >= 4 is 16.7 Å². The largest absolute Gasteiger partial charge is 0.497 e. The Labute approximate surface area is 214 Å². The monoisotopic (exact) mass is 497 g/mol. The lowest BCUT2D eigenvalue weighted by Gasteiger charge is -2.15. The zero-order valence-electron chi connectivity index (χ0n) is 21.9. The van der Waals surface area contributed by atoms with E-state index in [1.165, 1.54) is 5.56 Å². The van der Waals surface area contributed by atoms with Crippen LogP contribution < -0.4 is 14.8 Å². The molecule has 0 fully saturated rings. The third kappa shape index (κ3) is 9.85. The summed E-state index contributed by atoms with van der Waals surface area (Å²) in [5.74, 6) is 0.292. The highest BCUT2D eigenvalue weighted by Gasteiger charge is 2.13. The molecule has 0 saturated heterocycles. The maximum Gasteiger partial charge on any atom is 0.310 e. The van der Waals surface area contributed by atoms with E-state index >= 15 is 0 Å². The second-order valence-corrected chi connectivity index (χ2v) is 8.95.